The second-order valence-electron chi connectivity index (χ2n) is 5.11. The third kappa shape index (κ3) is 2.66. The summed E-state index contributed by atoms with van der Waals surface area (Å²) in [6.07, 6.45) is 0.844. The molecule has 1 atom stereocenters. The van der Waals surface area contributed by atoms with E-state index in [1.54, 1.807) is 4.90 Å². The molecule has 1 fully saturated rings. The number of nitrogens with one attached hydrogen (secondary N) is 1. The van der Waals surface area contributed by atoms with Crippen LogP contribution in [0.2, 0.25) is 0 Å². The van der Waals surface area contributed by atoms with Crippen molar-refractivity contribution in [3.8, 4) is 0 Å². The van der Waals surface area contributed by atoms with Gasteiger partial charge >= 0.3 is 0 Å². The van der Waals surface area contributed by atoms with E-state index in [-0.39, 0.29) is 23.8 Å². The lowest BCUT2D eigenvalue weighted by atomic mass is 9.99. The smallest absolute Gasteiger partial charge is 0.264 e. The highest BCUT2D eigenvalue weighted by Crippen LogP contribution is 2.23. The van der Waals surface area contributed by atoms with Crippen LogP contribution in [0.4, 0.5) is 0 Å². The van der Waals surface area contributed by atoms with Crippen LogP contribution in [0.15, 0.2) is 11.4 Å². The van der Waals surface area contributed by atoms with Crippen molar-refractivity contribution in [3.63, 3.8) is 0 Å². The Labute approximate surface area is 117 Å². The van der Waals surface area contributed by atoms with E-state index in [1.807, 2.05) is 32.2 Å². The molecule has 1 aliphatic heterocycles. The highest BCUT2D eigenvalue weighted by molar-refractivity contribution is 7.12. The zero-order valence-electron chi connectivity index (χ0n) is 11.6. The van der Waals surface area contributed by atoms with Crippen LogP contribution in [-0.4, -0.2) is 35.8 Å². The van der Waals surface area contributed by atoms with Crippen LogP contribution in [0.1, 0.15) is 36.0 Å². The molecule has 1 N–H and O–H groups in total. The van der Waals surface area contributed by atoms with Gasteiger partial charge in [-0.2, -0.15) is 0 Å². The fourth-order valence-corrected chi connectivity index (χ4v) is 3.46. The lowest BCUT2D eigenvalue weighted by Gasteiger charge is -2.37. The van der Waals surface area contributed by atoms with Gasteiger partial charge in [-0.25, -0.2) is 0 Å². The first kappa shape index (κ1) is 14.1. The molecular weight excluding hydrogens is 260 g/mol. The van der Waals surface area contributed by atoms with Gasteiger partial charge in [-0.05, 0) is 29.3 Å². The fraction of sp³-hybridized carbons (Fsp3) is 0.571. The van der Waals surface area contributed by atoms with Crippen LogP contribution in [-0.2, 0) is 11.2 Å². The monoisotopic (exact) mass is 280 g/mol. The van der Waals surface area contributed by atoms with Gasteiger partial charge in [0.1, 0.15) is 6.04 Å². The molecule has 0 bridgehead atoms. The second-order valence-corrected chi connectivity index (χ2v) is 6.02. The standard InChI is InChI=1S/C14H20N2O2S/c1-4-10-5-8-19-12(10)14(18)16-7-6-15-13(17)11(16)9(2)3/h5,8-9,11H,4,6-7H2,1-3H3,(H,15,17)/t11-/m1/s1. The van der Waals surface area contributed by atoms with Gasteiger partial charge in [0.15, 0.2) is 0 Å². The quantitative estimate of drug-likeness (QED) is 0.919. The number of carbonyl (C=O) groups is 2. The van der Waals surface area contributed by atoms with Crippen LogP contribution < -0.4 is 5.32 Å². The van der Waals surface area contributed by atoms with Gasteiger partial charge in [0, 0.05) is 13.1 Å². The predicted molar refractivity (Wildman–Crippen MR) is 76.4 cm³/mol. The number of aryl methyl sites for hydroxylation is 1. The summed E-state index contributed by atoms with van der Waals surface area (Å²) in [5.74, 6) is 0.0823. The molecule has 0 aliphatic carbocycles. The van der Waals surface area contributed by atoms with E-state index in [9.17, 15) is 9.59 Å². The summed E-state index contributed by atoms with van der Waals surface area (Å²) in [5, 5.41) is 4.79. The van der Waals surface area contributed by atoms with Crippen molar-refractivity contribution in [1.82, 2.24) is 10.2 Å². The molecule has 2 heterocycles. The van der Waals surface area contributed by atoms with Gasteiger partial charge in [0.25, 0.3) is 5.91 Å². The Morgan fingerprint density at radius 2 is 2.32 bits per heavy atom. The molecule has 1 saturated heterocycles. The number of nitrogens with zero attached hydrogens (tertiary/aromatic N) is 1. The summed E-state index contributed by atoms with van der Waals surface area (Å²) >= 11 is 1.47. The van der Waals surface area contributed by atoms with Crippen molar-refractivity contribution in [2.24, 2.45) is 5.92 Å². The molecule has 0 saturated carbocycles. The number of hydrogen-bond donors (Lipinski definition) is 1. The van der Waals surface area contributed by atoms with E-state index < -0.39 is 0 Å². The van der Waals surface area contributed by atoms with Gasteiger partial charge in [-0.15, -0.1) is 11.3 Å². The Bertz CT molecular complexity index is 482. The molecule has 1 aromatic rings. The minimum absolute atomic E-state index is 0.000370. The number of thiophene rings is 1. The maximum Gasteiger partial charge on any atom is 0.264 e. The maximum absolute atomic E-state index is 12.7. The topological polar surface area (TPSA) is 49.4 Å². The molecule has 1 aromatic heterocycles. The van der Waals surface area contributed by atoms with Crippen molar-refractivity contribution in [3.05, 3.63) is 21.9 Å². The second kappa shape index (κ2) is 5.74. The fourth-order valence-electron chi connectivity index (χ4n) is 2.51. The molecule has 0 spiro atoms. The molecule has 19 heavy (non-hydrogen) atoms. The number of amides is 2. The first-order valence-electron chi connectivity index (χ1n) is 6.71. The molecule has 1 aliphatic rings. The molecule has 0 radical (unpaired) electrons. The molecular formula is C14H20N2O2S. The summed E-state index contributed by atoms with van der Waals surface area (Å²) in [4.78, 5) is 27.1. The Morgan fingerprint density at radius 1 is 1.58 bits per heavy atom. The van der Waals surface area contributed by atoms with Crippen LogP contribution in [0.3, 0.4) is 0 Å². The first-order chi connectivity index (χ1) is 9.06. The van der Waals surface area contributed by atoms with Crippen LogP contribution in [0.25, 0.3) is 0 Å². The molecule has 2 amide bonds. The van der Waals surface area contributed by atoms with Gasteiger partial charge in [0.2, 0.25) is 5.91 Å². The Kier molecular flexibility index (Phi) is 4.24. The molecule has 0 unspecified atom stereocenters. The minimum Gasteiger partial charge on any atom is -0.353 e. The van der Waals surface area contributed by atoms with Crippen molar-refractivity contribution in [2.45, 2.75) is 33.2 Å². The first-order valence-corrected chi connectivity index (χ1v) is 7.59. The molecule has 0 aromatic carbocycles. The summed E-state index contributed by atoms with van der Waals surface area (Å²) < 4.78 is 0. The van der Waals surface area contributed by atoms with E-state index in [0.29, 0.717) is 13.1 Å². The SMILES string of the molecule is CCc1ccsc1C(=O)N1CCNC(=O)[C@H]1C(C)C. The summed E-state index contributed by atoms with van der Waals surface area (Å²) in [5.41, 5.74) is 1.07. The van der Waals surface area contributed by atoms with Crippen LogP contribution >= 0.6 is 11.3 Å². The Hall–Kier alpha value is -1.36. The van der Waals surface area contributed by atoms with E-state index in [4.69, 9.17) is 0 Å². The highest BCUT2D eigenvalue weighted by atomic mass is 32.1. The van der Waals surface area contributed by atoms with Crippen molar-refractivity contribution in [1.29, 1.82) is 0 Å². The summed E-state index contributed by atoms with van der Waals surface area (Å²) in [6, 6.07) is 1.64. The van der Waals surface area contributed by atoms with Crippen LogP contribution in [0, 0.1) is 5.92 Å². The Balaban J connectivity index is 2.28. The zero-order chi connectivity index (χ0) is 14.0. The third-order valence-corrected chi connectivity index (χ3v) is 4.42. The van der Waals surface area contributed by atoms with Gasteiger partial charge in [-0.1, -0.05) is 20.8 Å². The van der Waals surface area contributed by atoms with E-state index in [1.165, 1.54) is 11.3 Å². The summed E-state index contributed by atoms with van der Waals surface area (Å²) in [6.45, 7) is 7.13. The molecule has 104 valence electrons. The van der Waals surface area contributed by atoms with Crippen molar-refractivity contribution >= 4 is 23.2 Å². The predicted octanol–water partition coefficient (Wildman–Crippen LogP) is 1.91. The lowest BCUT2D eigenvalue weighted by molar-refractivity contribution is -0.129. The third-order valence-electron chi connectivity index (χ3n) is 3.47. The van der Waals surface area contributed by atoms with E-state index in [0.717, 1.165) is 16.9 Å². The number of rotatable bonds is 3. The average Bonchev–Trinajstić information content (AvgIpc) is 2.85. The number of hydrogen-bond acceptors (Lipinski definition) is 3. The van der Waals surface area contributed by atoms with Crippen molar-refractivity contribution < 1.29 is 9.59 Å². The average molecular weight is 280 g/mol. The molecule has 4 nitrogen and oxygen atoms in total. The van der Waals surface area contributed by atoms with Gasteiger partial charge in [-0.3, -0.25) is 9.59 Å². The number of piperazine rings is 1. The molecule has 5 heteroatoms. The van der Waals surface area contributed by atoms with E-state index >= 15 is 0 Å². The number of carbonyl (C=O) groups excluding carboxylic acids is 2. The molecule has 2 rings (SSSR count). The minimum atomic E-state index is -0.354. The summed E-state index contributed by atoms with van der Waals surface area (Å²) in [7, 11) is 0. The van der Waals surface area contributed by atoms with E-state index in [2.05, 4.69) is 5.32 Å². The zero-order valence-corrected chi connectivity index (χ0v) is 12.4. The Morgan fingerprint density at radius 3 is 2.95 bits per heavy atom. The van der Waals surface area contributed by atoms with Gasteiger partial charge in [0.05, 0.1) is 4.88 Å². The highest BCUT2D eigenvalue weighted by Gasteiger charge is 2.36. The van der Waals surface area contributed by atoms with Gasteiger partial charge < -0.3 is 10.2 Å². The normalized spacial score (nSPS) is 19.7. The van der Waals surface area contributed by atoms with Crippen molar-refractivity contribution in [2.75, 3.05) is 13.1 Å². The lowest BCUT2D eigenvalue weighted by Crippen LogP contribution is -2.59. The maximum atomic E-state index is 12.7. The van der Waals surface area contributed by atoms with Crippen LogP contribution in [0.5, 0.6) is 0 Å². The largest absolute Gasteiger partial charge is 0.353 e.